The lowest BCUT2D eigenvalue weighted by atomic mass is 10.1. The Morgan fingerprint density at radius 1 is 1.38 bits per heavy atom. The van der Waals surface area contributed by atoms with E-state index in [1.165, 1.54) is 0 Å². The lowest BCUT2D eigenvalue weighted by Gasteiger charge is -2.10. The Morgan fingerprint density at radius 2 is 2.00 bits per heavy atom. The zero-order valence-corrected chi connectivity index (χ0v) is 6.67. The third kappa shape index (κ3) is 1.93. The van der Waals surface area contributed by atoms with Crippen molar-refractivity contribution in [2.24, 2.45) is 5.73 Å². The predicted molar refractivity (Wildman–Crippen MR) is 42.0 cm³/mol. The van der Waals surface area contributed by atoms with Crippen LogP contribution in [0, 0.1) is 11.6 Å². The number of hydrogen-bond acceptors (Lipinski definition) is 3. The van der Waals surface area contributed by atoms with Gasteiger partial charge in [-0.1, -0.05) is 0 Å². The standard InChI is InChI=1S/C8H9F2NO2/c9-4-1-5(7(11)3-12)8(13)6(10)2-4/h1-2,7,12-13H,3,11H2/t7-/m1/s1. The van der Waals surface area contributed by atoms with Gasteiger partial charge in [0.2, 0.25) is 0 Å². The van der Waals surface area contributed by atoms with Crippen molar-refractivity contribution >= 4 is 0 Å². The average molecular weight is 189 g/mol. The van der Waals surface area contributed by atoms with Gasteiger partial charge < -0.3 is 15.9 Å². The van der Waals surface area contributed by atoms with Crippen LogP contribution in [0.5, 0.6) is 5.75 Å². The van der Waals surface area contributed by atoms with Gasteiger partial charge in [-0.15, -0.1) is 0 Å². The Kier molecular flexibility index (Phi) is 2.79. The van der Waals surface area contributed by atoms with Gasteiger partial charge in [0, 0.05) is 11.6 Å². The lowest BCUT2D eigenvalue weighted by molar-refractivity contribution is 0.264. The molecular formula is C8H9F2NO2. The highest BCUT2D eigenvalue weighted by atomic mass is 19.1. The Morgan fingerprint density at radius 3 is 2.54 bits per heavy atom. The summed E-state index contributed by atoms with van der Waals surface area (Å²) in [5.74, 6) is -2.64. The van der Waals surface area contributed by atoms with Crippen LogP contribution in [-0.4, -0.2) is 16.8 Å². The molecule has 0 spiro atoms. The highest BCUT2D eigenvalue weighted by Gasteiger charge is 2.15. The zero-order valence-electron chi connectivity index (χ0n) is 6.67. The number of aromatic hydroxyl groups is 1. The van der Waals surface area contributed by atoms with Crippen molar-refractivity contribution in [2.45, 2.75) is 6.04 Å². The first kappa shape index (κ1) is 9.88. The van der Waals surface area contributed by atoms with E-state index in [-0.39, 0.29) is 5.56 Å². The first-order chi connectivity index (χ1) is 6.06. The van der Waals surface area contributed by atoms with E-state index in [0.717, 1.165) is 6.07 Å². The Balaban J connectivity index is 3.20. The van der Waals surface area contributed by atoms with Crippen LogP contribution in [-0.2, 0) is 0 Å². The molecule has 0 aromatic heterocycles. The lowest BCUT2D eigenvalue weighted by Crippen LogP contribution is -2.15. The third-order valence-electron chi connectivity index (χ3n) is 1.65. The maximum atomic E-state index is 12.7. The number of rotatable bonds is 2. The number of aliphatic hydroxyl groups excluding tert-OH is 1. The molecule has 1 aromatic carbocycles. The summed E-state index contributed by atoms with van der Waals surface area (Å²) in [5.41, 5.74) is 5.15. The van der Waals surface area contributed by atoms with E-state index in [1.807, 2.05) is 0 Å². The third-order valence-corrected chi connectivity index (χ3v) is 1.65. The number of aliphatic hydroxyl groups is 1. The molecule has 0 amide bonds. The molecular weight excluding hydrogens is 180 g/mol. The molecule has 1 atom stereocenters. The summed E-state index contributed by atoms with van der Waals surface area (Å²) < 4.78 is 25.3. The topological polar surface area (TPSA) is 66.5 Å². The maximum Gasteiger partial charge on any atom is 0.168 e. The van der Waals surface area contributed by atoms with Crippen molar-refractivity contribution in [3.63, 3.8) is 0 Å². The molecule has 0 bridgehead atoms. The highest BCUT2D eigenvalue weighted by molar-refractivity contribution is 5.36. The zero-order chi connectivity index (χ0) is 10.0. The van der Waals surface area contributed by atoms with E-state index in [1.54, 1.807) is 0 Å². The minimum absolute atomic E-state index is 0.139. The second-order valence-corrected chi connectivity index (χ2v) is 2.61. The molecule has 1 aromatic rings. The predicted octanol–water partition coefficient (Wildman–Crippen LogP) is 0.662. The quantitative estimate of drug-likeness (QED) is 0.640. The van der Waals surface area contributed by atoms with Crippen molar-refractivity contribution in [3.8, 4) is 5.75 Å². The number of phenols is 1. The van der Waals surface area contributed by atoms with Crippen LogP contribution in [0.25, 0.3) is 0 Å². The first-order valence-electron chi connectivity index (χ1n) is 3.60. The Labute approximate surface area is 73.4 Å². The monoisotopic (exact) mass is 189 g/mol. The number of nitrogens with two attached hydrogens (primary N) is 1. The highest BCUT2D eigenvalue weighted by Crippen LogP contribution is 2.26. The van der Waals surface area contributed by atoms with Crippen molar-refractivity contribution in [1.82, 2.24) is 0 Å². The summed E-state index contributed by atoms with van der Waals surface area (Å²) in [4.78, 5) is 0. The van der Waals surface area contributed by atoms with Crippen LogP contribution in [0.4, 0.5) is 8.78 Å². The summed E-state index contributed by atoms with van der Waals surface area (Å²) in [6.45, 7) is -0.490. The van der Waals surface area contributed by atoms with Crippen LogP contribution in [0.2, 0.25) is 0 Å². The van der Waals surface area contributed by atoms with E-state index < -0.39 is 30.0 Å². The molecule has 13 heavy (non-hydrogen) atoms. The Hall–Kier alpha value is -1.20. The molecule has 1 rings (SSSR count). The van der Waals surface area contributed by atoms with Crippen molar-refractivity contribution in [3.05, 3.63) is 29.3 Å². The fraction of sp³-hybridized carbons (Fsp3) is 0.250. The summed E-state index contributed by atoms with van der Waals surface area (Å²) in [5, 5.41) is 17.7. The summed E-state index contributed by atoms with van der Waals surface area (Å²) in [7, 11) is 0. The van der Waals surface area contributed by atoms with Gasteiger partial charge in [0.25, 0.3) is 0 Å². The van der Waals surface area contributed by atoms with Crippen LogP contribution in [0.3, 0.4) is 0 Å². The van der Waals surface area contributed by atoms with Gasteiger partial charge in [-0.05, 0) is 6.07 Å². The van der Waals surface area contributed by atoms with Gasteiger partial charge in [0.1, 0.15) is 5.82 Å². The van der Waals surface area contributed by atoms with Crippen molar-refractivity contribution in [1.29, 1.82) is 0 Å². The van der Waals surface area contributed by atoms with E-state index in [4.69, 9.17) is 15.9 Å². The van der Waals surface area contributed by atoms with Gasteiger partial charge in [0.15, 0.2) is 11.6 Å². The molecule has 0 saturated carbocycles. The normalized spacial score (nSPS) is 12.9. The summed E-state index contributed by atoms with van der Waals surface area (Å²) >= 11 is 0. The van der Waals surface area contributed by atoms with Gasteiger partial charge in [-0.25, -0.2) is 8.78 Å². The molecule has 0 fully saturated rings. The number of benzene rings is 1. The second-order valence-electron chi connectivity index (χ2n) is 2.61. The summed E-state index contributed by atoms with van der Waals surface area (Å²) in [6.07, 6.45) is 0. The van der Waals surface area contributed by atoms with Crippen LogP contribution in [0.1, 0.15) is 11.6 Å². The Bertz CT molecular complexity index is 317. The van der Waals surface area contributed by atoms with E-state index in [0.29, 0.717) is 6.07 Å². The van der Waals surface area contributed by atoms with Gasteiger partial charge in [-0.3, -0.25) is 0 Å². The van der Waals surface area contributed by atoms with Gasteiger partial charge >= 0.3 is 0 Å². The average Bonchev–Trinajstić information content (AvgIpc) is 2.10. The fourth-order valence-corrected chi connectivity index (χ4v) is 0.967. The molecule has 0 unspecified atom stereocenters. The van der Waals surface area contributed by atoms with Crippen LogP contribution >= 0.6 is 0 Å². The fourth-order valence-electron chi connectivity index (χ4n) is 0.967. The molecule has 4 N–H and O–H groups in total. The number of hydrogen-bond donors (Lipinski definition) is 3. The first-order valence-corrected chi connectivity index (χ1v) is 3.60. The van der Waals surface area contributed by atoms with Crippen LogP contribution in [0.15, 0.2) is 12.1 Å². The minimum atomic E-state index is -1.08. The minimum Gasteiger partial charge on any atom is -0.505 e. The second kappa shape index (κ2) is 3.68. The van der Waals surface area contributed by atoms with Crippen LogP contribution < -0.4 is 5.73 Å². The van der Waals surface area contributed by atoms with Gasteiger partial charge in [0.05, 0.1) is 12.6 Å². The van der Waals surface area contributed by atoms with E-state index in [9.17, 15) is 8.78 Å². The number of halogens is 2. The SMILES string of the molecule is N[C@H](CO)c1cc(F)cc(F)c1O. The number of phenolic OH excluding ortho intramolecular Hbond substituents is 1. The van der Waals surface area contributed by atoms with Crippen molar-refractivity contribution in [2.75, 3.05) is 6.61 Å². The molecule has 0 heterocycles. The van der Waals surface area contributed by atoms with E-state index in [2.05, 4.69) is 0 Å². The largest absolute Gasteiger partial charge is 0.505 e. The molecule has 0 saturated heterocycles. The maximum absolute atomic E-state index is 12.7. The molecule has 0 radical (unpaired) electrons. The summed E-state index contributed by atoms with van der Waals surface area (Å²) in [6, 6.07) is 0.451. The molecule has 0 aliphatic rings. The molecule has 0 aliphatic carbocycles. The van der Waals surface area contributed by atoms with Crippen molar-refractivity contribution < 1.29 is 19.0 Å². The van der Waals surface area contributed by atoms with Gasteiger partial charge in [-0.2, -0.15) is 0 Å². The van der Waals surface area contributed by atoms with E-state index >= 15 is 0 Å². The molecule has 72 valence electrons. The molecule has 0 aliphatic heterocycles. The smallest absolute Gasteiger partial charge is 0.168 e. The molecule has 5 heteroatoms. The molecule has 3 nitrogen and oxygen atoms in total.